The Hall–Kier alpha value is -0.900. The molecule has 4 heteroatoms. The van der Waals surface area contributed by atoms with Gasteiger partial charge in [-0.3, -0.25) is 4.79 Å². The minimum atomic E-state index is -0.423. The molecule has 14 heavy (non-hydrogen) atoms. The van der Waals surface area contributed by atoms with Gasteiger partial charge in [-0.15, -0.1) is 0 Å². The Balaban J connectivity index is 2.59. The summed E-state index contributed by atoms with van der Waals surface area (Å²) < 4.78 is 5.48. The first-order valence-electron chi connectivity index (χ1n) is 4.97. The van der Waals surface area contributed by atoms with Crippen LogP contribution in [0.2, 0.25) is 0 Å². The highest BCUT2D eigenvalue weighted by molar-refractivity contribution is 5.77. The summed E-state index contributed by atoms with van der Waals surface area (Å²) in [5.41, 5.74) is 0. The Morgan fingerprint density at radius 1 is 1.57 bits per heavy atom. The second-order valence-electron chi connectivity index (χ2n) is 3.66. The highest BCUT2D eigenvalue weighted by Gasteiger charge is 2.28. The van der Waals surface area contributed by atoms with Crippen LogP contribution in [0.25, 0.3) is 0 Å². The molecule has 80 valence electrons. The fourth-order valence-corrected chi connectivity index (χ4v) is 1.67. The Kier molecular flexibility index (Phi) is 4.07. The van der Waals surface area contributed by atoms with Crippen molar-refractivity contribution in [1.29, 1.82) is 0 Å². The number of aldehydes is 1. The Morgan fingerprint density at radius 2 is 2.29 bits per heavy atom. The van der Waals surface area contributed by atoms with Crippen molar-refractivity contribution in [2.75, 3.05) is 13.7 Å². The maximum atomic E-state index is 11.1. The average Bonchev–Trinajstić information content (AvgIpc) is 2.20. The van der Waals surface area contributed by atoms with E-state index in [-0.39, 0.29) is 12.0 Å². The number of ether oxygens (including phenoxy) is 1. The number of amides is 1. The highest BCUT2D eigenvalue weighted by Crippen LogP contribution is 2.17. The zero-order valence-electron chi connectivity index (χ0n) is 8.73. The molecule has 0 spiro atoms. The summed E-state index contributed by atoms with van der Waals surface area (Å²) in [6, 6.07) is -0.423. The van der Waals surface area contributed by atoms with Gasteiger partial charge in [0, 0.05) is 20.6 Å². The summed E-state index contributed by atoms with van der Waals surface area (Å²) >= 11 is 0. The first-order valence-corrected chi connectivity index (χ1v) is 4.97. The molecule has 0 aromatic carbocycles. The number of hydrogen-bond donors (Lipinski definition) is 0. The minimum absolute atomic E-state index is 0.101. The normalized spacial score (nSPS) is 24.0. The monoisotopic (exact) mass is 199 g/mol. The van der Waals surface area contributed by atoms with Gasteiger partial charge >= 0.3 is 0 Å². The van der Waals surface area contributed by atoms with Crippen molar-refractivity contribution >= 4 is 12.2 Å². The van der Waals surface area contributed by atoms with Gasteiger partial charge in [0.2, 0.25) is 5.91 Å². The van der Waals surface area contributed by atoms with Gasteiger partial charge in [-0.05, 0) is 19.3 Å². The number of nitrogens with zero attached hydrogens (tertiary/aromatic N) is 1. The molecule has 4 nitrogen and oxygen atoms in total. The third kappa shape index (κ3) is 2.54. The number of rotatable bonds is 3. The molecule has 0 radical (unpaired) electrons. The lowest BCUT2D eigenvalue weighted by molar-refractivity contribution is -0.139. The van der Waals surface area contributed by atoms with Crippen LogP contribution in [0.3, 0.4) is 0 Å². The predicted octanol–water partition coefficient (Wildman–Crippen LogP) is 0.601. The van der Waals surface area contributed by atoms with Gasteiger partial charge in [-0.1, -0.05) is 0 Å². The highest BCUT2D eigenvalue weighted by atomic mass is 16.5. The molecular weight excluding hydrogens is 182 g/mol. The average molecular weight is 199 g/mol. The molecule has 0 aliphatic carbocycles. The minimum Gasteiger partial charge on any atom is -0.376 e. The van der Waals surface area contributed by atoms with Gasteiger partial charge in [-0.25, -0.2) is 0 Å². The molecule has 1 aliphatic heterocycles. The summed E-state index contributed by atoms with van der Waals surface area (Å²) in [6.07, 6.45) is 3.67. The maximum Gasteiger partial charge on any atom is 0.219 e. The van der Waals surface area contributed by atoms with Crippen LogP contribution in [0.4, 0.5) is 0 Å². The van der Waals surface area contributed by atoms with Crippen molar-refractivity contribution in [2.24, 2.45) is 0 Å². The van der Waals surface area contributed by atoms with Crippen LogP contribution >= 0.6 is 0 Å². The summed E-state index contributed by atoms with van der Waals surface area (Å²) in [4.78, 5) is 23.4. The van der Waals surface area contributed by atoms with E-state index in [1.165, 1.54) is 11.8 Å². The quantitative estimate of drug-likeness (QED) is 0.625. The molecule has 2 atom stereocenters. The van der Waals surface area contributed by atoms with Gasteiger partial charge in [0.05, 0.1) is 6.10 Å². The van der Waals surface area contributed by atoms with Crippen LogP contribution in [0, 0.1) is 0 Å². The van der Waals surface area contributed by atoms with Crippen molar-refractivity contribution in [3.63, 3.8) is 0 Å². The largest absolute Gasteiger partial charge is 0.376 e. The van der Waals surface area contributed by atoms with Crippen LogP contribution in [-0.2, 0) is 14.3 Å². The molecule has 2 unspecified atom stereocenters. The Morgan fingerprint density at radius 3 is 2.71 bits per heavy atom. The third-order valence-electron chi connectivity index (χ3n) is 2.68. The number of likely N-dealkylation sites (N-methyl/N-ethyl adjacent to an activating group) is 1. The summed E-state index contributed by atoms with van der Waals surface area (Å²) in [5, 5.41) is 0. The second-order valence-corrected chi connectivity index (χ2v) is 3.66. The van der Waals surface area contributed by atoms with Crippen molar-refractivity contribution in [3.05, 3.63) is 0 Å². The molecule has 1 aliphatic rings. The van der Waals surface area contributed by atoms with Gasteiger partial charge in [-0.2, -0.15) is 0 Å². The molecule has 1 fully saturated rings. The lowest BCUT2D eigenvalue weighted by Gasteiger charge is -2.32. The lowest BCUT2D eigenvalue weighted by Crippen LogP contribution is -2.47. The maximum absolute atomic E-state index is 11.1. The molecule has 1 rings (SSSR count). The summed E-state index contributed by atoms with van der Waals surface area (Å²) in [7, 11) is 1.64. The van der Waals surface area contributed by atoms with Gasteiger partial charge < -0.3 is 14.4 Å². The first-order chi connectivity index (χ1) is 6.66. The first kappa shape index (κ1) is 11.2. The molecule has 0 N–H and O–H groups in total. The molecule has 1 saturated heterocycles. The van der Waals surface area contributed by atoms with Gasteiger partial charge in [0.15, 0.2) is 0 Å². The van der Waals surface area contributed by atoms with E-state index in [1.54, 1.807) is 7.05 Å². The molecule has 0 aromatic heterocycles. The second kappa shape index (κ2) is 5.10. The molecule has 1 amide bonds. The fraction of sp³-hybridized carbons (Fsp3) is 0.800. The van der Waals surface area contributed by atoms with Crippen molar-refractivity contribution in [1.82, 2.24) is 4.90 Å². The van der Waals surface area contributed by atoms with E-state index in [2.05, 4.69) is 0 Å². The van der Waals surface area contributed by atoms with Crippen molar-refractivity contribution in [2.45, 2.75) is 38.3 Å². The van der Waals surface area contributed by atoms with Crippen molar-refractivity contribution < 1.29 is 14.3 Å². The SMILES string of the molecule is CC(=O)N(C)C(C=O)C1CCCCO1. The van der Waals surface area contributed by atoms with E-state index in [0.717, 1.165) is 25.5 Å². The molecule has 0 aromatic rings. The standard InChI is InChI=1S/C10H17NO3/c1-8(13)11(2)9(7-12)10-5-3-4-6-14-10/h7,9-10H,3-6H2,1-2H3. The zero-order valence-corrected chi connectivity index (χ0v) is 8.73. The van der Waals surface area contributed by atoms with E-state index in [4.69, 9.17) is 4.74 Å². The van der Waals surface area contributed by atoms with Gasteiger partial charge in [0.1, 0.15) is 12.3 Å². The van der Waals surface area contributed by atoms with E-state index < -0.39 is 6.04 Å². The smallest absolute Gasteiger partial charge is 0.219 e. The number of hydrogen-bond acceptors (Lipinski definition) is 3. The molecule has 1 heterocycles. The lowest BCUT2D eigenvalue weighted by atomic mass is 10.0. The Labute approximate surface area is 84.2 Å². The van der Waals surface area contributed by atoms with E-state index in [1.807, 2.05) is 0 Å². The number of carbonyl (C=O) groups is 2. The van der Waals surface area contributed by atoms with Crippen LogP contribution in [0.1, 0.15) is 26.2 Å². The van der Waals surface area contributed by atoms with Crippen LogP contribution in [-0.4, -0.2) is 42.9 Å². The fourth-order valence-electron chi connectivity index (χ4n) is 1.67. The van der Waals surface area contributed by atoms with Crippen LogP contribution in [0.5, 0.6) is 0 Å². The van der Waals surface area contributed by atoms with Crippen molar-refractivity contribution in [3.8, 4) is 0 Å². The summed E-state index contributed by atoms with van der Waals surface area (Å²) in [5.74, 6) is -0.101. The van der Waals surface area contributed by atoms with Crippen LogP contribution < -0.4 is 0 Å². The molecule has 0 bridgehead atoms. The zero-order chi connectivity index (χ0) is 10.6. The third-order valence-corrected chi connectivity index (χ3v) is 2.68. The van der Waals surface area contributed by atoms with E-state index in [9.17, 15) is 9.59 Å². The van der Waals surface area contributed by atoms with Gasteiger partial charge in [0.25, 0.3) is 0 Å². The topological polar surface area (TPSA) is 46.6 Å². The Bertz CT molecular complexity index is 211. The van der Waals surface area contributed by atoms with E-state index >= 15 is 0 Å². The van der Waals surface area contributed by atoms with E-state index in [0.29, 0.717) is 6.61 Å². The molecule has 0 saturated carbocycles. The molecular formula is C10H17NO3. The van der Waals surface area contributed by atoms with Crippen LogP contribution in [0.15, 0.2) is 0 Å². The summed E-state index contributed by atoms with van der Waals surface area (Å²) in [6.45, 7) is 2.15. The predicted molar refractivity (Wildman–Crippen MR) is 51.9 cm³/mol. The number of carbonyl (C=O) groups excluding carboxylic acids is 2.